The van der Waals surface area contributed by atoms with E-state index < -0.39 is 0 Å². The Morgan fingerprint density at radius 3 is 1.51 bits per heavy atom. The lowest BCUT2D eigenvalue weighted by Crippen LogP contribution is -2.32. The van der Waals surface area contributed by atoms with Crippen molar-refractivity contribution in [2.45, 2.75) is 90.4 Å². The van der Waals surface area contributed by atoms with Gasteiger partial charge < -0.3 is 37.2 Å². The Kier molecular flexibility index (Phi) is 30.8. The Morgan fingerprint density at radius 2 is 1.00 bits per heavy atom. The van der Waals surface area contributed by atoms with Crippen molar-refractivity contribution < 1.29 is 4.79 Å². The molecule has 8 nitrogen and oxygen atoms in total. The van der Waals surface area contributed by atoms with Gasteiger partial charge in [-0.2, -0.15) is 0 Å². The smallest absolute Gasteiger partial charge is 0.219 e. The molecule has 0 saturated heterocycles. The van der Waals surface area contributed by atoms with Crippen molar-refractivity contribution in [1.82, 2.24) is 37.2 Å². The summed E-state index contributed by atoms with van der Waals surface area (Å²) in [6, 6.07) is 0. The van der Waals surface area contributed by atoms with Crippen LogP contribution in [0.2, 0.25) is 0 Å². The lowest BCUT2D eigenvalue weighted by atomic mass is 10.00. The van der Waals surface area contributed by atoms with Gasteiger partial charge in [0.05, 0.1) is 0 Å². The number of hydrogen-bond acceptors (Lipinski definition) is 7. The normalized spacial score (nSPS) is 11.5. The van der Waals surface area contributed by atoms with E-state index in [9.17, 15) is 4.79 Å². The maximum atomic E-state index is 11.6. The Hall–Kier alpha value is -0.770. The zero-order valence-corrected chi connectivity index (χ0v) is 25.0. The molecule has 0 aromatic rings. The molecule has 0 aliphatic carbocycles. The number of carbonyl (C=O) groups excluding carboxylic acids is 1. The van der Waals surface area contributed by atoms with Gasteiger partial charge in [-0.05, 0) is 143 Å². The molecule has 0 unspecified atom stereocenters. The zero-order chi connectivity index (χ0) is 27.1. The molecule has 0 spiro atoms. The van der Waals surface area contributed by atoms with E-state index in [1.807, 2.05) is 14.1 Å². The third-order valence-corrected chi connectivity index (χ3v) is 6.68. The van der Waals surface area contributed by atoms with E-state index in [0.29, 0.717) is 12.3 Å². The highest BCUT2D eigenvalue weighted by Crippen LogP contribution is 2.10. The summed E-state index contributed by atoms with van der Waals surface area (Å²) in [7, 11) is 4.02. The largest absolute Gasteiger partial charge is 0.356 e. The predicted octanol–water partition coefficient (Wildman–Crippen LogP) is 2.61. The average Bonchev–Trinajstić information content (AvgIpc) is 2.89. The molecule has 0 aromatic heterocycles. The van der Waals surface area contributed by atoms with E-state index in [1.165, 1.54) is 64.2 Å². The lowest BCUT2D eigenvalue weighted by Gasteiger charge is -2.19. The molecule has 222 valence electrons. The van der Waals surface area contributed by atoms with E-state index >= 15 is 0 Å². The summed E-state index contributed by atoms with van der Waals surface area (Å²) in [5.74, 6) is 0.900. The van der Waals surface area contributed by atoms with Crippen LogP contribution in [-0.4, -0.2) is 92.0 Å². The summed E-state index contributed by atoms with van der Waals surface area (Å²) < 4.78 is 0. The molecule has 37 heavy (non-hydrogen) atoms. The van der Waals surface area contributed by atoms with Crippen LogP contribution in [-0.2, 0) is 4.79 Å². The third-order valence-electron chi connectivity index (χ3n) is 6.68. The molecule has 0 aromatic carbocycles. The van der Waals surface area contributed by atoms with E-state index in [1.54, 1.807) is 0 Å². The van der Waals surface area contributed by atoms with Crippen LogP contribution < -0.4 is 37.2 Å². The number of unbranched alkanes of at least 4 members (excludes halogenated alkanes) is 5. The fourth-order valence-electron chi connectivity index (χ4n) is 4.37. The van der Waals surface area contributed by atoms with Gasteiger partial charge in [0.15, 0.2) is 0 Å². The number of carbonyl (C=O) groups is 1. The van der Waals surface area contributed by atoms with Crippen molar-refractivity contribution in [2.24, 2.45) is 5.92 Å². The first kappa shape index (κ1) is 36.2. The number of nitrogens with one attached hydrogen (secondary N) is 7. The summed E-state index contributed by atoms with van der Waals surface area (Å²) in [6.45, 7) is 14.0. The van der Waals surface area contributed by atoms with E-state index in [2.05, 4.69) is 44.1 Å². The molecule has 0 aliphatic rings. The summed E-state index contributed by atoms with van der Waals surface area (Å²) in [6.07, 6.45) is 15.1. The van der Waals surface area contributed by atoms with Gasteiger partial charge in [0, 0.05) is 13.0 Å². The molecule has 0 aliphatic heterocycles. The van der Waals surface area contributed by atoms with Crippen molar-refractivity contribution in [3.8, 4) is 0 Å². The third kappa shape index (κ3) is 29.6. The van der Waals surface area contributed by atoms with Crippen molar-refractivity contribution in [1.29, 1.82) is 0 Å². The quantitative estimate of drug-likeness (QED) is 0.0696. The van der Waals surface area contributed by atoms with Crippen LogP contribution in [0.3, 0.4) is 0 Å². The Bertz CT molecular complexity index is 430. The number of rotatable bonds is 31. The van der Waals surface area contributed by atoms with Crippen molar-refractivity contribution >= 4 is 5.91 Å². The fraction of sp³-hybridized carbons (Fsp3) is 0.966. The second-order valence-electron chi connectivity index (χ2n) is 10.4. The summed E-state index contributed by atoms with van der Waals surface area (Å²) in [4.78, 5) is 11.6. The second-order valence-corrected chi connectivity index (χ2v) is 10.4. The summed E-state index contributed by atoms with van der Waals surface area (Å²) >= 11 is 0. The maximum Gasteiger partial charge on any atom is 0.219 e. The molecular weight excluding hydrogens is 462 g/mol. The molecular formula is C29H65N7O. The van der Waals surface area contributed by atoms with Crippen LogP contribution in [0.15, 0.2) is 0 Å². The maximum absolute atomic E-state index is 11.6. The summed E-state index contributed by atoms with van der Waals surface area (Å²) in [5.41, 5.74) is 0. The SMILES string of the molecule is CCCC(=O)NCCCCCCC(CNCCCCNCCCNC)CNCCCCNCCCNC. The molecule has 8 heteroatoms. The number of amides is 1. The van der Waals surface area contributed by atoms with Gasteiger partial charge in [-0.25, -0.2) is 0 Å². The van der Waals surface area contributed by atoms with Gasteiger partial charge >= 0.3 is 0 Å². The first-order chi connectivity index (χ1) is 18.2. The van der Waals surface area contributed by atoms with Crippen molar-refractivity contribution in [3.05, 3.63) is 0 Å². The minimum atomic E-state index is 0.203. The fourth-order valence-corrected chi connectivity index (χ4v) is 4.37. The van der Waals surface area contributed by atoms with Crippen molar-refractivity contribution in [3.63, 3.8) is 0 Å². The van der Waals surface area contributed by atoms with Crippen LogP contribution in [0.25, 0.3) is 0 Å². The highest BCUT2D eigenvalue weighted by Gasteiger charge is 2.08. The molecule has 0 atom stereocenters. The van der Waals surface area contributed by atoms with Crippen LogP contribution in [0.4, 0.5) is 0 Å². The molecule has 0 heterocycles. The first-order valence-electron chi connectivity index (χ1n) is 15.6. The minimum absolute atomic E-state index is 0.203. The highest BCUT2D eigenvalue weighted by molar-refractivity contribution is 5.75. The Labute approximate surface area is 230 Å². The van der Waals surface area contributed by atoms with E-state index in [4.69, 9.17) is 0 Å². The zero-order valence-electron chi connectivity index (χ0n) is 25.0. The Morgan fingerprint density at radius 1 is 0.541 bits per heavy atom. The standard InChI is InChI=1S/C29H65N7O/c1-4-15-29(37)36-25-8-6-5-7-16-28(26-34-21-11-9-19-32-23-13-17-30-2)27-35-22-12-10-20-33-24-14-18-31-3/h28,30-35H,4-27H2,1-3H3,(H,36,37). The number of hydrogen-bond donors (Lipinski definition) is 7. The highest BCUT2D eigenvalue weighted by atomic mass is 16.1. The van der Waals surface area contributed by atoms with Gasteiger partial charge in [0.2, 0.25) is 5.91 Å². The van der Waals surface area contributed by atoms with Gasteiger partial charge in [-0.1, -0.05) is 26.2 Å². The predicted molar refractivity (Wildman–Crippen MR) is 162 cm³/mol. The molecule has 0 rings (SSSR count). The van der Waals surface area contributed by atoms with Crippen molar-refractivity contribution in [2.75, 3.05) is 86.1 Å². The molecule has 7 N–H and O–H groups in total. The van der Waals surface area contributed by atoms with Gasteiger partial charge in [0.25, 0.3) is 0 Å². The van der Waals surface area contributed by atoms with Crippen LogP contribution >= 0.6 is 0 Å². The minimum Gasteiger partial charge on any atom is -0.356 e. The molecule has 0 radical (unpaired) electrons. The van der Waals surface area contributed by atoms with Crippen LogP contribution in [0, 0.1) is 5.92 Å². The van der Waals surface area contributed by atoms with Crippen LogP contribution in [0.1, 0.15) is 90.4 Å². The lowest BCUT2D eigenvalue weighted by molar-refractivity contribution is -0.121. The van der Waals surface area contributed by atoms with Gasteiger partial charge in [0.1, 0.15) is 0 Å². The van der Waals surface area contributed by atoms with E-state index in [0.717, 1.165) is 84.8 Å². The first-order valence-corrected chi connectivity index (χ1v) is 15.6. The summed E-state index contributed by atoms with van der Waals surface area (Å²) in [5, 5.41) is 23.9. The monoisotopic (exact) mass is 528 g/mol. The molecule has 0 saturated carbocycles. The molecule has 0 fully saturated rings. The Balaban J connectivity index is 3.93. The molecule has 0 bridgehead atoms. The second kappa shape index (κ2) is 31.4. The van der Waals surface area contributed by atoms with Crippen LogP contribution in [0.5, 0.6) is 0 Å². The average molecular weight is 528 g/mol. The van der Waals surface area contributed by atoms with E-state index in [-0.39, 0.29) is 5.91 Å². The van der Waals surface area contributed by atoms with Gasteiger partial charge in [-0.3, -0.25) is 4.79 Å². The topological polar surface area (TPSA) is 101 Å². The van der Waals surface area contributed by atoms with Gasteiger partial charge in [-0.15, -0.1) is 0 Å². The molecule has 1 amide bonds.